The van der Waals surface area contributed by atoms with Crippen LogP contribution < -0.4 is 14.8 Å². The summed E-state index contributed by atoms with van der Waals surface area (Å²) in [4.78, 5) is 28.4. The van der Waals surface area contributed by atoms with Crippen LogP contribution >= 0.6 is 15.9 Å². The minimum atomic E-state index is -0.566. The van der Waals surface area contributed by atoms with Crippen molar-refractivity contribution < 1.29 is 19.1 Å². The number of hydrogen-bond donors (Lipinski definition) is 1. The number of nitrogens with zero attached hydrogens (tertiary/aromatic N) is 1. The molecule has 0 heterocycles. The van der Waals surface area contributed by atoms with Crippen LogP contribution in [0, 0.1) is 13.8 Å². The lowest BCUT2D eigenvalue weighted by Crippen LogP contribution is -2.52. The average molecular weight is 546 g/mol. The molecule has 0 radical (unpaired) electrons. The average Bonchev–Trinajstić information content (AvgIpc) is 2.86. The first kappa shape index (κ1) is 27.1. The van der Waals surface area contributed by atoms with Gasteiger partial charge in [-0.2, -0.15) is 0 Å². The molecular formula is C28H37BrN2O4. The number of benzene rings is 2. The summed E-state index contributed by atoms with van der Waals surface area (Å²) in [7, 11) is 1.62. The molecule has 3 rings (SSSR count). The highest BCUT2D eigenvalue weighted by molar-refractivity contribution is 9.10. The van der Waals surface area contributed by atoms with Gasteiger partial charge in [0.1, 0.15) is 17.5 Å². The van der Waals surface area contributed by atoms with E-state index in [1.807, 2.05) is 57.2 Å². The van der Waals surface area contributed by atoms with Crippen LogP contribution in [-0.2, 0) is 16.1 Å². The van der Waals surface area contributed by atoms with Crippen molar-refractivity contribution in [2.24, 2.45) is 0 Å². The second-order valence-electron chi connectivity index (χ2n) is 9.30. The van der Waals surface area contributed by atoms with E-state index < -0.39 is 6.04 Å². The summed E-state index contributed by atoms with van der Waals surface area (Å²) >= 11 is 3.56. The molecule has 2 amide bonds. The fourth-order valence-electron chi connectivity index (χ4n) is 4.61. The Morgan fingerprint density at radius 3 is 2.26 bits per heavy atom. The first-order valence-corrected chi connectivity index (χ1v) is 13.2. The Hall–Kier alpha value is -2.54. The fourth-order valence-corrected chi connectivity index (χ4v) is 4.84. The number of halogens is 1. The summed E-state index contributed by atoms with van der Waals surface area (Å²) in [5, 5.41) is 3.21. The van der Waals surface area contributed by atoms with Crippen molar-refractivity contribution in [2.75, 3.05) is 13.7 Å². The molecule has 0 spiro atoms. The Bertz CT molecular complexity index is 980. The topological polar surface area (TPSA) is 67.9 Å². The molecule has 1 atom stereocenters. The van der Waals surface area contributed by atoms with Crippen LogP contribution in [0.3, 0.4) is 0 Å². The zero-order valence-corrected chi connectivity index (χ0v) is 22.8. The van der Waals surface area contributed by atoms with E-state index in [4.69, 9.17) is 9.47 Å². The molecule has 1 N–H and O–H groups in total. The molecule has 6 nitrogen and oxygen atoms in total. The van der Waals surface area contributed by atoms with Gasteiger partial charge in [-0.3, -0.25) is 9.59 Å². The maximum absolute atomic E-state index is 13.5. The lowest BCUT2D eigenvalue weighted by Gasteiger charge is -2.32. The van der Waals surface area contributed by atoms with Gasteiger partial charge in [0.25, 0.3) is 5.91 Å². The number of ether oxygens (including phenoxy) is 2. The number of aryl methyl sites for hydroxylation is 2. The van der Waals surface area contributed by atoms with Crippen LogP contribution in [0.1, 0.15) is 62.1 Å². The van der Waals surface area contributed by atoms with E-state index in [0.717, 1.165) is 52.6 Å². The summed E-state index contributed by atoms with van der Waals surface area (Å²) < 4.78 is 12.2. The van der Waals surface area contributed by atoms with Crippen LogP contribution in [0.15, 0.2) is 40.9 Å². The van der Waals surface area contributed by atoms with Crippen molar-refractivity contribution in [1.82, 2.24) is 10.2 Å². The molecule has 0 aromatic heterocycles. The molecule has 35 heavy (non-hydrogen) atoms. The highest BCUT2D eigenvalue weighted by Gasteiger charge is 2.30. The molecular weight excluding hydrogens is 508 g/mol. The van der Waals surface area contributed by atoms with Crippen LogP contribution in [0.4, 0.5) is 0 Å². The standard InChI is InChI=1S/C28H37BrN2O4/c1-5-25(28(33)30-22-9-7-6-8-10-22)31(17-21-11-13-23(34-4)14-12-21)26(32)18-35-24-15-19(2)27(29)20(3)16-24/h11-16,22,25H,5-10,17-18H2,1-4H3,(H,30,33). The molecule has 7 heteroatoms. The minimum Gasteiger partial charge on any atom is -0.497 e. The van der Waals surface area contributed by atoms with Gasteiger partial charge in [0, 0.05) is 17.1 Å². The predicted octanol–water partition coefficient (Wildman–Crippen LogP) is 5.71. The summed E-state index contributed by atoms with van der Waals surface area (Å²) in [5.74, 6) is 1.08. The third-order valence-electron chi connectivity index (χ3n) is 6.62. The second-order valence-corrected chi connectivity index (χ2v) is 10.1. The summed E-state index contributed by atoms with van der Waals surface area (Å²) in [5.41, 5.74) is 3.01. The van der Waals surface area contributed by atoms with Crippen LogP contribution in [0.2, 0.25) is 0 Å². The summed E-state index contributed by atoms with van der Waals surface area (Å²) in [6, 6.07) is 11.0. The first-order chi connectivity index (χ1) is 16.8. The van der Waals surface area contributed by atoms with Gasteiger partial charge in [-0.25, -0.2) is 0 Å². The Morgan fingerprint density at radius 2 is 1.69 bits per heavy atom. The number of amides is 2. The number of methoxy groups -OCH3 is 1. The molecule has 2 aromatic carbocycles. The van der Waals surface area contributed by atoms with Crippen LogP contribution in [-0.4, -0.2) is 42.5 Å². The lowest BCUT2D eigenvalue weighted by atomic mass is 9.95. The van der Waals surface area contributed by atoms with Gasteiger partial charge in [0.05, 0.1) is 7.11 Å². The van der Waals surface area contributed by atoms with E-state index in [2.05, 4.69) is 21.2 Å². The Balaban J connectivity index is 1.78. The normalized spacial score (nSPS) is 14.8. The largest absolute Gasteiger partial charge is 0.497 e. The monoisotopic (exact) mass is 544 g/mol. The Morgan fingerprint density at radius 1 is 1.06 bits per heavy atom. The van der Waals surface area contributed by atoms with Crippen molar-refractivity contribution in [3.63, 3.8) is 0 Å². The summed E-state index contributed by atoms with van der Waals surface area (Å²) in [6.07, 6.45) is 6.01. The second kappa shape index (κ2) is 13.0. The SMILES string of the molecule is CCC(C(=O)NC1CCCCC1)N(Cc1ccc(OC)cc1)C(=O)COc1cc(C)c(Br)c(C)c1. The third kappa shape index (κ3) is 7.47. The number of carbonyl (C=O) groups excluding carboxylic acids is 2. The highest BCUT2D eigenvalue weighted by Crippen LogP contribution is 2.26. The van der Waals surface area contributed by atoms with Crippen molar-refractivity contribution in [2.45, 2.75) is 77.9 Å². The van der Waals surface area contributed by atoms with Gasteiger partial charge in [-0.05, 0) is 74.1 Å². The van der Waals surface area contributed by atoms with Crippen molar-refractivity contribution in [3.8, 4) is 11.5 Å². The van der Waals surface area contributed by atoms with E-state index in [1.165, 1.54) is 6.42 Å². The maximum Gasteiger partial charge on any atom is 0.261 e. The van der Waals surface area contributed by atoms with Gasteiger partial charge in [0.2, 0.25) is 5.91 Å². The van der Waals surface area contributed by atoms with E-state index in [0.29, 0.717) is 18.7 Å². The molecule has 190 valence electrons. The molecule has 1 unspecified atom stereocenters. The molecule has 0 bridgehead atoms. The fraction of sp³-hybridized carbons (Fsp3) is 0.500. The highest BCUT2D eigenvalue weighted by atomic mass is 79.9. The molecule has 1 aliphatic rings. The molecule has 2 aromatic rings. The van der Waals surface area contributed by atoms with Gasteiger partial charge >= 0.3 is 0 Å². The van der Waals surface area contributed by atoms with Gasteiger partial charge in [-0.15, -0.1) is 0 Å². The minimum absolute atomic E-state index is 0.0865. The Labute approximate surface area is 217 Å². The summed E-state index contributed by atoms with van der Waals surface area (Å²) in [6.45, 7) is 6.11. The van der Waals surface area contributed by atoms with E-state index >= 15 is 0 Å². The lowest BCUT2D eigenvalue weighted by molar-refractivity contribution is -0.143. The van der Waals surface area contributed by atoms with Gasteiger partial charge in [-0.1, -0.05) is 54.2 Å². The zero-order valence-electron chi connectivity index (χ0n) is 21.2. The van der Waals surface area contributed by atoms with Crippen molar-refractivity contribution >= 4 is 27.7 Å². The smallest absolute Gasteiger partial charge is 0.261 e. The van der Waals surface area contributed by atoms with Crippen LogP contribution in [0.5, 0.6) is 11.5 Å². The molecule has 0 aliphatic heterocycles. The number of hydrogen-bond acceptors (Lipinski definition) is 4. The van der Waals surface area contributed by atoms with Gasteiger partial charge in [0.15, 0.2) is 6.61 Å². The maximum atomic E-state index is 13.5. The van der Waals surface area contributed by atoms with E-state index in [-0.39, 0.29) is 24.5 Å². The van der Waals surface area contributed by atoms with E-state index in [1.54, 1.807) is 12.0 Å². The number of nitrogens with one attached hydrogen (secondary N) is 1. The molecule has 0 saturated heterocycles. The zero-order chi connectivity index (χ0) is 25.4. The van der Waals surface area contributed by atoms with Gasteiger partial charge < -0.3 is 19.7 Å². The molecule has 1 aliphatic carbocycles. The van der Waals surface area contributed by atoms with Crippen LogP contribution in [0.25, 0.3) is 0 Å². The Kier molecular flexibility index (Phi) is 10.0. The predicted molar refractivity (Wildman–Crippen MR) is 142 cm³/mol. The third-order valence-corrected chi connectivity index (χ3v) is 7.87. The molecule has 1 saturated carbocycles. The van der Waals surface area contributed by atoms with Crippen molar-refractivity contribution in [1.29, 1.82) is 0 Å². The van der Waals surface area contributed by atoms with Crippen molar-refractivity contribution in [3.05, 3.63) is 57.6 Å². The first-order valence-electron chi connectivity index (χ1n) is 12.4. The quantitative estimate of drug-likeness (QED) is 0.416. The molecule has 1 fully saturated rings. The van der Waals surface area contributed by atoms with E-state index in [9.17, 15) is 9.59 Å². The number of carbonyl (C=O) groups is 2. The number of rotatable bonds is 10.